The van der Waals surface area contributed by atoms with Crippen molar-refractivity contribution in [3.63, 3.8) is 0 Å². The average molecular weight is 525 g/mol. The van der Waals surface area contributed by atoms with E-state index in [9.17, 15) is 37.5 Å². The van der Waals surface area contributed by atoms with Crippen molar-refractivity contribution in [3.8, 4) is 0 Å². The molecule has 10 heteroatoms. The Morgan fingerprint density at radius 2 is 1.92 bits per heavy atom. The average Bonchev–Trinajstić information content (AvgIpc) is 3.03. The number of aliphatic hydroxyl groups is 1. The van der Waals surface area contributed by atoms with Crippen LogP contribution in [0, 0.1) is 28.6 Å². The minimum absolute atomic E-state index is 0.0240. The Bertz CT molecular complexity index is 1120. The number of fused-ring (bicyclic) bond motifs is 5. The molecule has 0 aliphatic heterocycles. The highest BCUT2D eigenvalue weighted by atomic mass is 19.4. The summed E-state index contributed by atoms with van der Waals surface area (Å²) in [5, 5.41) is 11.8. The monoisotopic (exact) mass is 524 g/mol. The molecule has 7 atom stereocenters. The van der Waals surface area contributed by atoms with Gasteiger partial charge in [-0.15, -0.1) is 0 Å². The summed E-state index contributed by atoms with van der Waals surface area (Å²) in [6.07, 6.45) is -1.04. The molecule has 3 saturated carbocycles. The maximum atomic E-state index is 13.3. The van der Waals surface area contributed by atoms with E-state index in [1.54, 1.807) is 19.9 Å². The fourth-order valence-corrected chi connectivity index (χ4v) is 7.43. The zero-order valence-electron chi connectivity index (χ0n) is 21.0. The fraction of sp³-hybridized carbons (Fsp3) is 0.630. The van der Waals surface area contributed by atoms with Crippen molar-refractivity contribution < 1.29 is 46.9 Å². The third-order valence-corrected chi connectivity index (χ3v) is 9.21. The van der Waals surface area contributed by atoms with Gasteiger partial charge in [0.1, 0.15) is 6.10 Å². The van der Waals surface area contributed by atoms with Crippen LogP contribution >= 0.6 is 0 Å². The summed E-state index contributed by atoms with van der Waals surface area (Å²) in [6, 6.07) is 0. The van der Waals surface area contributed by atoms with Crippen molar-refractivity contribution in [2.75, 3.05) is 6.61 Å². The number of halogens is 3. The van der Waals surface area contributed by atoms with Gasteiger partial charge in [0, 0.05) is 23.2 Å². The van der Waals surface area contributed by atoms with E-state index in [0.29, 0.717) is 12.8 Å². The number of ketones is 2. The van der Waals surface area contributed by atoms with Crippen molar-refractivity contribution in [1.82, 2.24) is 0 Å². The van der Waals surface area contributed by atoms with Crippen LogP contribution in [-0.4, -0.2) is 53.1 Å². The Balaban J connectivity index is 1.78. The number of rotatable bonds is 5. The second-order valence-corrected chi connectivity index (χ2v) is 11.0. The molecular weight excluding hydrogens is 493 g/mol. The maximum Gasteiger partial charge on any atom is 0.490 e. The lowest BCUT2D eigenvalue weighted by Crippen LogP contribution is -2.63. The fourth-order valence-electron chi connectivity index (χ4n) is 7.43. The molecule has 0 saturated heterocycles. The summed E-state index contributed by atoms with van der Waals surface area (Å²) in [7, 11) is 0. The van der Waals surface area contributed by atoms with E-state index < -0.39 is 59.0 Å². The molecule has 0 radical (unpaired) electrons. The van der Waals surface area contributed by atoms with Crippen LogP contribution in [0.1, 0.15) is 52.9 Å². The molecule has 4 aliphatic rings. The zero-order chi connectivity index (χ0) is 27.6. The maximum absolute atomic E-state index is 13.3. The van der Waals surface area contributed by atoms with Gasteiger partial charge in [0.05, 0.1) is 0 Å². The van der Waals surface area contributed by atoms with Gasteiger partial charge in [-0.1, -0.05) is 39.0 Å². The summed E-state index contributed by atoms with van der Waals surface area (Å²) in [5.41, 5.74) is -3.41. The first-order valence-electron chi connectivity index (χ1n) is 12.4. The van der Waals surface area contributed by atoms with E-state index in [1.165, 1.54) is 12.2 Å². The van der Waals surface area contributed by atoms with Gasteiger partial charge in [-0.25, -0.2) is 4.79 Å². The summed E-state index contributed by atoms with van der Waals surface area (Å²) >= 11 is 0. The number of allylic oxidation sites excluding steroid dienone is 4. The van der Waals surface area contributed by atoms with Crippen LogP contribution in [0.5, 0.6) is 0 Å². The van der Waals surface area contributed by atoms with Crippen molar-refractivity contribution in [2.24, 2.45) is 28.6 Å². The van der Waals surface area contributed by atoms with E-state index in [2.05, 4.69) is 6.58 Å². The van der Waals surface area contributed by atoms with Crippen LogP contribution in [0.15, 0.2) is 36.0 Å². The highest BCUT2D eigenvalue weighted by Gasteiger charge is 2.70. The SMILES string of the molecule is C=C1C[C@H]2[C@@H]3CCC4=CC(=O)C=C[C@]4(C)[C@H]3C(OC(=O)C(F)(F)F)C[C@]2(C)[C@@]1(O)C(=O)COC(=O)CC. The Hall–Kier alpha value is -2.75. The smallest absolute Gasteiger partial charge is 0.458 e. The summed E-state index contributed by atoms with van der Waals surface area (Å²) in [6.45, 7) is 8.22. The predicted molar refractivity (Wildman–Crippen MR) is 124 cm³/mol. The lowest BCUT2D eigenvalue weighted by Gasteiger charge is -2.59. The normalized spacial score (nSPS) is 38.7. The van der Waals surface area contributed by atoms with Gasteiger partial charge in [-0.3, -0.25) is 14.4 Å². The minimum atomic E-state index is -5.24. The lowest BCUT2D eigenvalue weighted by atomic mass is 9.46. The number of carbonyl (C=O) groups excluding carboxylic acids is 4. The van der Waals surface area contributed by atoms with Crippen molar-refractivity contribution in [3.05, 3.63) is 36.0 Å². The molecule has 4 rings (SSSR count). The van der Waals surface area contributed by atoms with Crippen molar-refractivity contribution >= 4 is 23.5 Å². The van der Waals surface area contributed by atoms with E-state index in [4.69, 9.17) is 9.47 Å². The molecule has 1 unspecified atom stereocenters. The molecule has 0 amide bonds. The molecule has 0 heterocycles. The van der Waals surface area contributed by atoms with Gasteiger partial charge < -0.3 is 14.6 Å². The molecule has 0 bridgehead atoms. The highest BCUT2D eigenvalue weighted by Crippen LogP contribution is 2.68. The predicted octanol–water partition coefficient (Wildman–Crippen LogP) is 3.80. The molecule has 0 aromatic rings. The van der Waals surface area contributed by atoms with Crippen LogP contribution < -0.4 is 0 Å². The first-order chi connectivity index (χ1) is 17.1. The topological polar surface area (TPSA) is 107 Å². The van der Waals surface area contributed by atoms with Crippen LogP contribution in [-0.2, 0) is 28.7 Å². The first kappa shape index (κ1) is 27.3. The van der Waals surface area contributed by atoms with Gasteiger partial charge in [0.15, 0.2) is 18.0 Å². The van der Waals surface area contributed by atoms with Crippen LogP contribution in [0.25, 0.3) is 0 Å². The van der Waals surface area contributed by atoms with Crippen LogP contribution in [0.2, 0.25) is 0 Å². The number of Topliss-reactive ketones (excluding diaryl/α,β-unsaturated/α-hetero) is 1. The molecule has 7 nitrogen and oxygen atoms in total. The Labute approximate surface area is 212 Å². The molecule has 3 fully saturated rings. The molecule has 0 spiro atoms. The quantitative estimate of drug-likeness (QED) is 0.431. The van der Waals surface area contributed by atoms with Gasteiger partial charge in [0.2, 0.25) is 5.78 Å². The second-order valence-electron chi connectivity index (χ2n) is 11.0. The number of esters is 2. The molecule has 0 aromatic heterocycles. The van der Waals surface area contributed by atoms with Crippen LogP contribution in [0.3, 0.4) is 0 Å². The first-order valence-corrected chi connectivity index (χ1v) is 12.4. The minimum Gasteiger partial charge on any atom is -0.458 e. The van der Waals surface area contributed by atoms with E-state index in [-0.39, 0.29) is 42.5 Å². The summed E-state index contributed by atoms with van der Waals surface area (Å²) in [5.74, 6) is -5.35. The molecule has 4 aliphatic carbocycles. The molecule has 37 heavy (non-hydrogen) atoms. The van der Waals surface area contributed by atoms with Gasteiger partial charge in [-0.05, 0) is 55.2 Å². The third kappa shape index (κ3) is 4.08. The number of hydrogen-bond donors (Lipinski definition) is 1. The van der Waals surface area contributed by atoms with E-state index in [1.807, 2.05) is 6.92 Å². The largest absolute Gasteiger partial charge is 0.490 e. The number of hydrogen-bond acceptors (Lipinski definition) is 7. The van der Waals surface area contributed by atoms with E-state index >= 15 is 0 Å². The third-order valence-electron chi connectivity index (χ3n) is 9.21. The molecule has 0 aromatic carbocycles. The summed E-state index contributed by atoms with van der Waals surface area (Å²) in [4.78, 5) is 49.1. The Kier molecular flexibility index (Phi) is 6.58. The standard InChI is InChI=1S/C27H31F3O7/c1-5-21(33)36-13-20(32)26(35)14(2)10-18-17-7-6-15-11-16(31)8-9-24(15,3)22(17)19(12-25(18,26)4)37-23(34)27(28,29)30/h8-9,11,17-19,22,35H,2,5-7,10,12-13H2,1,3-4H3/t17-,18-,19?,22+,24-,25-,26-/m0/s1. The second kappa shape index (κ2) is 8.92. The molecular formula is C27H31F3O7. The molecule has 1 N–H and O–H groups in total. The lowest BCUT2D eigenvalue weighted by molar-refractivity contribution is -0.224. The molecule has 202 valence electrons. The van der Waals surface area contributed by atoms with E-state index in [0.717, 1.165) is 5.57 Å². The Morgan fingerprint density at radius 1 is 1.24 bits per heavy atom. The number of carbonyl (C=O) groups is 4. The van der Waals surface area contributed by atoms with Crippen molar-refractivity contribution in [1.29, 1.82) is 0 Å². The zero-order valence-corrected chi connectivity index (χ0v) is 21.0. The van der Waals surface area contributed by atoms with Gasteiger partial charge in [0.25, 0.3) is 0 Å². The van der Waals surface area contributed by atoms with Gasteiger partial charge in [-0.2, -0.15) is 13.2 Å². The Morgan fingerprint density at radius 3 is 2.54 bits per heavy atom. The number of ether oxygens (including phenoxy) is 2. The van der Waals surface area contributed by atoms with Crippen LogP contribution in [0.4, 0.5) is 13.2 Å². The summed E-state index contributed by atoms with van der Waals surface area (Å²) < 4.78 is 50.0. The highest BCUT2D eigenvalue weighted by molar-refractivity contribution is 6.01. The van der Waals surface area contributed by atoms with Gasteiger partial charge >= 0.3 is 18.1 Å². The number of alkyl halides is 3. The van der Waals surface area contributed by atoms with Crippen molar-refractivity contribution in [2.45, 2.75) is 70.8 Å².